The number of ether oxygens (including phenoxy) is 2. The summed E-state index contributed by atoms with van der Waals surface area (Å²) in [6.45, 7) is 2.22. The minimum atomic E-state index is -0.0836. The van der Waals surface area contributed by atoms with E-state index in [0.29, 0.717) is 23.7 Å². The molecule has 194 valence electrons. The summed E-state index contributed by atoms with van der Waals surface area (Å²) in [6.07, 6.45) is 5.84. The van der Waals surface area contributed by atoms with Crippen molar-refractivity contribution in [3.8, 4) is 11.5 Å². The summed E-state index contributed by atoms with van der Waals surface area (Å²) < 4.78 is 13.5. The van der Waals surface area contributed by atoms with E-state index in [2.05, 4.69) is 28.1 Å². The number of methoxy groups -OCH3 is 1. The molecule has 7 heteroatoms. The predicted molar refractivity (Wildman–Crippen MR) is 149 cm³/mol. The summed E-state index contributed by atoms with van der Waals surface area (Å²) in [4.78, 5) is 17.2. The van der Waals surface area contributed by atoms with E-state index in [0.717, 1.165) is 67.9 Å². The van der Waals surface area contributed by atoms with Gasteiger partial charge in [0.1, 0.15) is 17.3 Å². The average Bonchev–Trinajstić information content (AvgIpc) is 3.27. The number of fused-ring (bicyclic) bond motifs is 1. The molecule has 0 radical (unpaired) electrons. The van der Waals surface area contributed by atoms with Crippen LogP contribution in [0.5, 0.6) is 11.5 Å². The summed E-state index contributed by atoms with van der Waals surface area (Å²) in [5.74, 6) is 2.67. The smallest absolute Gasteiger partial charge is 0.251 e. The maximum absolute atomic E-state index is 12.3. The molecule has 6 nitrogen and oxygen atoms in total. The lowest BCUT2D eigenvalue weighted by molar-refractivity contribution is 0.0953. The third-order valence-electron chi connectivity index (χ3n) is 6.27. The molecule has 0 fully saturated rings. The first-order valence-corrected chi connectivity index (χ1v) is 13.3. The molecule has 0 aliphatic rings. The number of carbonyl (C=O) groups is 1. The number of benzene rings is 3. The number of carbonyl (C=O) groups excluding carboxylic acids is 1. The molecule has 1 aromatic heterocycles. The Morgan fingerprint density at radius 2 is 1.76 bits per heavy atom. The number of aryl methyl sites for hydroxylation is 2. The largest absolute Gasteiger partial charge is 0.497 e. The lowest BCUT2D eigenvalue weighted by atomic mass is 10.1. The van der Waals surface area contributed by atoms with Gasteiger partial charge in [-0.1, -0.05) is 42.3 Å². The van der Waals surface area contributed by atoms with Crippen LogP contribution in [-0.2, 0) is 13.0 Å². The molecule has 1 amide bonds. The van der Waals surface area contributed by atoms with Gasteiger partial charge in [-0.05, 0) is 68.1 Å². The number of nitrogens with one attached hydrogen (secondary N) is 1. The van der Waals surface area contributed by atoms with Crippen molar-refractivity contribution in [3.05, 3.63) is 89.2 Å². The number of nitrogens with zero attached hydrogens (tertiary/aromatic N) is 2. The first-order valence-electron chi connectivity index (χ1n) is 12.9. The number of imidazole rings is 1. The lowest BCUT2D eigenvalue weighted by Crippen LogP contribution is -2.24. The van der Waals surface area contributed by atoms with Crippen LogP contribution in [0.2, 0.25) is 5.02 Å². The van der Waals surface area contributed by atoms with Crippen LogP contribution in [0, 0.1) is 0 Å². The van der Waals surface area contributed by atoms with Crippen LogP contribution in [0.3, 0.4) is 0 Å². The van der Waals surface area contributed by atoms with Crippen LogP contribution in [0.1, 0.15) is 48.3 Å². The number of unbranched alkanes of at least 4 members (excludes halogenated alkanes) is 3. The van der Waals surface area contributed by atoms with E-state index in [1.54, 1.807) is 31.4 Å². The average molecular weight is 520 g/mol. The predicted octanol–water partition coefficient (Wildman–Crippen LogP) is 6.70. The van der Waals surface area contributed by atoms with Gasteiger partial charge < -0.3 is 19.4 Å². The first kappa shape index (κ1) is 26.6. The summed E-state index contributed by atoms with van der Waals surface area (Å²) in [7, 11) is 1.66. The van der Waals surface area contributed by atoms with Crippen molar-refractivity contribution in [2.45, 2.75) is 45.1 Å². The van der Waals surface area contributed by atoms with Gasteiger partial charge in [0, 0.05) is 36.2 Å². The molecule has 4 aromatic rings. The highest BCUT2D eigenvalue weighted by atomic mass is 35.5. The van der Waals surface area contributed by atoms with E-state index in [9.17, 15) is 4.79 Å². The normalized spacial score (nSPS) is 11.0. The minimum absolute atomic E-state index is 0.0836. The highest BCUT2D eigenvalue weighted by molar-refractivity contribution is 6.30. The number of aromatic nitrogens is 2. The zero-order valence-corrected chi connectivity index (χ0v) is 22.0. The maximum Gasteiger partial charge on any atom is 0.251 e. The molecule has 0 atom stereocenters. The van der Waals surface area contributed by atoms with Crippen molar-refractivity contribution < 1.29 is 14.3 Å². The molecular weight excluding hydrogens is 486 g/mol. The summed E-state index contributed by atoms with van der Waals surface area (Å²) in [5.41, 5.74) is 2.81. The summed E-state index contributed by atoms with van der Waals surface area (Å²) in [6, 6.07) is 23.0. The van der Waals surface area contributed by atoms with Gasteiger partial charge in [0.2, 0.25) is 0 Å². The molecule has 0 aliphatic carbocycles. The number of hydrogen-bond acceptors (Lipinski definition) is 4. The fourth-order valence-corrected chi connectivity index (χ4v) is 4.53. The van der Waals surface area contributed by atoms with E-state index in [1.165, 1.54) is 5.52 Å². The van der Waals surface area contributed by atoms with Gasteiger partial charge in [0.05, 0.1) is 24.8 Å². The van der Waals surface area contributed by atoms with Crippen LogP contribution < -0.4 is 14.8 Å². The Balaban J connectivity index is 1.22. The molecule has 0 saturated carbocycles. The van der Waals surface area contributed by atoms with Gasteiger partial charge in [-0.15, -0.1) is 0 Å². The lowest BCUT2D eigenvalue weighted by Gasteiger charge is -2.11. The molecule has 0 saturated heterocycles. The van der Waals surface area contributed by atoms with Gasteiger partial charge in [-0.2, -0.15) is 0 Å². The molecule has 3 aromatic carbocycles. The molecule has 1 N–H and O–H groups in total. The second-order valence-corrected chi connectivity index (χ2v) is 9.42. The fourth-order valence-electron chi connectivity index (χ4n) is 4.34. The third-order valence-corrected chi connectivity index (χ3v) is 6.50. The Bertz CT molecular complexity index is 1300. The summed E-state index contributed by atoms with van der Waals surface area (Å²) >= 11 is 5.98. The quantitative estimate of drug-likeness (QED) is 0.188. The number of para-hydroxylation sites is 2. The van der Waals surface area contributed by atoms with Crippen molar-refractivity contribution in [2.24, 2.45) is 0 Å². The van der Waals surface area contributed by atoms with Gasteiger partial charge in [-0.25, -0.2) is 4.98 Å². The Hall–Kier alpha value is -3.51. The second kappa shape index (κ2) is 13.7. The zero-order valence-electron chi connectivity index (χ0n) is 21.3. The first-order chi connectivity index (χ1) is 18.1. The van der Waals surface area contributed by atoms with Crippen LogP contribution in [-0.4, -0.2) is 35.7 Å². The molecule has 0 aliphatic heterocycles. The monoisotopic (exact) mass is 519 g/mol. The fraction of sp³-hybridized carbons (Fsp3) is 0.333. The highest BCUT2D eigenvalue weighted by Crippen LogP contribution is 2.21. The standard InChI is InChI=1S/C30H34ClN3O3/c1-36-25-13-10-14-26(22-25)37-20-8-7-19-34-28-16-5-4-15-27(28)33-29(34)17-3-2-6-18-32-30(35)23-11-9-12-24(31)21-23/h4-5,9-16,21-22H,2-3,6-8,17-20H2,1H3,(H,32,35). The molecule has 1 heterocycles. The van der Waals surface area contributed by atoms with Crippen molar-refractivity contribution >= 4 is 28.5 Å². The van der Waals surface area contributed by atoms with E-state index >= 15 is 0 Å². The van der Waals surface area contributed by atoms with E-state index in [4.69, 9.17) is 26.1 Å². The van der Waals surface area contributed by atoms with Gasteiger partial charge in [0.25, 0.3) is 5.91 Å². The minimum Gasteiger partial charge on any atom is -0.497 e. The SMILES string of the molecule is COc1cccc(OCCCCn2c(CCCCCNC(=O)c3cccc(Cl)c3)nc3ccccc32)c1. The van der Waals surface area contributed by atoms with Crippen molar-refractivity contribution in [1.29, 1.82) is 0 Å². The molecule has 0 unspecified atom stereocenters. The Morgan fingerprint density at radius 3 is 2.62 bits per heavy atom. The van der Waals surface area contributed by atoms with E-state index < -0.39 is 0 Å². The number of amides is 1. The van der Waals surface area contributed by atoms with Gasteiger partial charge >= 0.3 is 0 Å². The van der Waals surface area contributed by atoms with Crippen LogP contribution >= 0.6 is 11.6 Å². The van der Waals surface area contributed by atoms with Crippen molar-refractivity contribution in [2.75, 3.05) is 20.3 Å². The van der Waals surface area contributed by atoms with Crippen LogP contribution in [0.4, 0.5) is 0 Å². The Labute approximate surface area is 223 Å². The molecule has 0 bridgehead atoms. The Morgan fingerprint density at radius 1 is 0.919 bits per heavy atom. The zero-order chi connectivity index (χ0) is 25.9. The summed E-state index contributed by atoms with van der Waals surface area (Å²) in [5, 5.41) is 3.55. The maximum atomic E-state index is 12.3. The molecular formula is C30H34ClN3O3. The molecule has 37 heavy (non-hydrogen) atoms. The number of halogens is 1. The molecule has 0 spiro atoms. The third kappa shape index (κ3) is 7.73. The van der Waals surface area contributed by atoms with Crippen molar-refractivity contribution in [1.82, 2.24) is 14.9 Å². The topological polar surface area (TPSA) is 65.4 Å². The number of rotatable bonds is 14. The van der Waals surface area contributed by atoms with E-state index in [-0.39, 0.29) is 5.91 Å². The second-order valence-electron chi connectivity index (χ2n) is 8.98. The van der Waals surface area contributed by atoms with Crippen LogP contribution in [0.25, 0.3) is 11.0 Å². The van der Waals surface area contributed by atoms with Crippen LogP contribution in [0.15, 0.2) is 72.8 Å². The molecule has 4 rings (SSSR count). The van der Waals surface area contributed by atoms with Crippen molar-refractivity contribution in [3.63, 3.8) is 0 Å². The number of hydrogen-bond donors (Lipinski definition) is 1. The van der Waals surface area contributed by atoms with Gasteiger partial charge in [-0.3, -0.25) is 4.79 Å². The highest BCUT2D eigenvalue weighted by Gasteiger charge is 2.10. The van der Waals surface area contributed by atoms with E-state index in [1.807, 2.05) is 30.3 Å². The Kier molecular flexibility index (Phi) is 9.83. The van der Waals surface area contributed by atoms with Gasteiger partial charge in [0.15, 0.2) is 0 Å².